The molecule has 2 nitrogen and oxygen atoms in total. The van der Waals surface area contributed by atoms with Crippen molar-refractivity contribution in [3.05, 3.63) is 59.7 Å². The van der Waals surface area contributed by atoms with E-state index in [0.717, 1.165) is 18.7 Å². The molecule has 0 unspecified atom stereocenters. The molecule has 0 saturated carbocycles. The van der Waals surface area contributed by atoms with E-state index in [1.54, 1.807) is 12.1 Å². The Morgan fingerprint density at radius 1 is 1.00 bits per heavy atom. The Kier molecular flexibility index (Phi) is 3.66. The lowest BCUT2D eigenvalue weighted by molar-refractivity contribution is 0.475. The summed E-state index contributed by atoms with van der Waals surface area (Å²) in [5, 5.41) is 12.7. The summed E-state index contributed by atoms with van der Waals surface area (Å²) in [7, 11) is 0. The van der Waals surface area contributed by atoms with Gasteiger partial charge >= 0.3 is 0 Å². The lowest BCUT2D eigenvalue weighted by atomic mass is 10.1. The highest BCUT2D eigenvalue weighted by atomic mass is 16.3. The molecule has 0 aliphatic heterocycles. The zero-order chi connectivity index (χ0) is 12.1. The fourth-order valence-electron chi connectivity index (χ4n) is 1.89. The first-order chi connectivity index (χ1) is 8.29. The van der Waals surface area contributed by atoms with Crippen molar-refractivity contribution >= 4 is 5.69 Å². The third kappa shape index (κ3) is 3.00. The number of phenolic OH excluding ortho intramolecular Hbond substituents is 1. The molecule has 0 aliphatic carbocycles. The maximum Gasteiger partial charge on any atom is 0.117 e. The van der Waals surface area contributed by atoms with Crippen LogP contribution in [-0.4, -0.2) is 5.11 Å². The molecule has 2 heteroatoms. The fraction of sp³-hybridized carbons (Fsp3) is 0.200. The Morgan fingerprint density at radius 2 is 1.76 bits per heavy atom. The van der Waals surface area contributed by atoms with E-state index in [-0.39, 0.29) is 0 Å². The molecular weight excluding hydrogens is 210 g/mol. The Labute approximate surface area is 102 Å². The normalized spacial score (nSPS) is 10.2. The largest absolute Gasteiger partial charge is 0.508 e. The minimum atomic E-state index is 0.291. The van der Waals surface area contributed by atoms with Crippen LogP contribution in [0.15, 0.2) is 48.5 Å². The summed E-state index contributed by atoms with van der Waals surface area (Å²) in [6.45, 7) is 2.95. The van der Waals surface area contributed by atoms with Crippen molar-refractivity contribution in [1.29, 1.82) is 0 Å². The van der Waals surface area contributed by atoms with Crippen molar-refractivity contribution in [3.63, 3.8) is 0 Å². The number of anilines is 1. The molecule has 0 bridgehead atoms. The minimum absolute atomic E-state index is 0.291. The Morgan fingerprint density at radius 3 is 2.47 bits per heavy atom. The smallest absolute Gasteiger partial charge is 0.117 e. The highest BCUT2D eigenvalue weighted by Crippen LogP contribution is 2.17. The molecule has 2 rings (SSSR count). The van der Waals surface area contributed by atoms with Crippen LogP contribution in [0, 0.1) is 0 Å². The van der Waals surface area contributed by atoms with Crippen LogP contribution < -0.4 is 5.32 Å². The first kappa shape index (κ1) is 11.5. The van der Waals surface area contributed by atoms with Crippen molar-refractivity contribution in [2.45, 2.75) is 19.9 Å². The average Bonchev–Trinajstić information content (AvgIpc) is 2.37. The summed E-state index contributed by atoms with van der Waals surface area (Å²) >= 11 is 0. The molecule has 2 N–H and O–H groups in total. The topological polar surface area (TPSA) is 32.3 Å². The molecule has 0 aromatic heterocycles. The second-order valence-corrected chi connectivity index (χ2v) is 4.03. The number of aryl methyl sites for hydroxylation is 1. The highest BCUT2D eigenvalue weighted by Gasteiger charge is 1.99. The molecule has 17 heavy (non-hydrogen) atoms. The molecule has 88 valence electrons. The van der Waals surface area contributed by atoms with Crippen LogP contribution in [-0.2, 0) is 13.0 Å². The third-order valence-electron chi connectivity index (χ3n) is 2.83. The molecule has 0 heterocycles. The Bertz CT molecular complexity index is 494. The fourth-order valence-corrected chi connectivity index (χ4v) is 1.89. The van der Waals surface area contributed by atoms with Gasteiger partial charge in [0.15, 0.2) is 0 Å². The Balaban J connectivity index is 2.07. The zero-order valence-electron chi connectivity index (χ0n) is 9.98. The lowest BCUT2D eigenvalue weighted by Gasteiger charge is -2.10. The molecule has 0 atom stereocenters. The minimum Gasteiger partial charge on any atom is -0.508 e. The monoisotopic (exact) mass is 227 g/mol. The predicted molar refractivity (Wildman–Crippen MR) is 71.3 cm³/mol. The van der Waals surface area contributed by atoms with Crippen molar-refractivity contribution in [2.75, 3.05) is 5.32 Å². The number of hydrogen-bond acceptors (Lipinski definition) is 2. The van der Waals surface area contributed by atoms with E-state index in [2.05, 4.69) is 36.5 Å². The number of nitrogens with one attached hydrogen (secondary N) is 1. The second-order valence-electron chi connectivity index (χ2n) is 4.03. The van der Waals surface area contributed by atoms with E-state index >= 15 is 0 Å². The van der Waals surface area contributed by atoms with Gasteiger partial charge in [-0.1, -0.05) is 37.3 Å². The third-order valence-corrected chi connectivity index (χ3v) is 2.83. The van der Waals surface area contributed by atoms with Crippen LogP contribution in [0.3, 0.4) is 0 Å². The average molecular weight is 227 g/mol. The number of benzene rings is 2. The maximum atomic E-state index is 9.37. The van der Waals surface area contributed by atoms with Gasteiger partial charge < -0.3 is 10.4 Å². The highest BCUT2D eigenvalue weighted by molar-refractivity contribution is 5.48. The quantitative estimate of drug-likeness (QED) is 0.837. The van der Waals surface area contributed by atoms with E-state index in [1.807, 2.05) is 12.1 Å². The number of phenols is 1. The van der Waals surface area contributed by atoms with Crippen LogP contribution in [0.4, 0.5) is 5.69 Å². The van der Waals surface area contributed by atoms with E-state index < -0.39 is 0 Å². The number of aromatic hydroxyl groups is 1. The van der Waals surface area contributed by atoms with E-state index in [0.29, 0.717) is 5.75 Å². The van der Waals surface area contributed by atoms with Crippen LogP contribution in [0.1, 0.15) is 18.1 Å². The number of rotatable bonds is 4. The molecule has 0 saturated heterocycles. The summed E-state index contributed by atoms with van der Waals surface area (Å²) in [5.74, 6) is 0.291. The van der Waals surface area contributed by atoms with Crippen molar-refractivity contribution in [3.8, 4) is 5.75 Å². The summed E-state index contributed by atoms with van der Waals surface area (Å²) in [5.41, 5.74) is 3.61. The standard InChI is InChI=1S/C15H17NO/c1-2-12-6-3-4-7-13(12)11-16-14-8-5-9-15(17)10-14/h3-10,16-17H,2,11H2,1H3. The van der Waals surface area contributed by atoms with Gasteiger partial charge in [0.1, 0.15) is 5.75 Å². The van der Waals surface area contributed by atoms with Gasteiger partial charge in [-0.3, -0.25) is 0 Å². The predicted octanol–water partition coefficient (Wildman–Crippen LogP) is 3.57. The number of hydrogen-bond donors (Lipinski definition) is 2. The van der Waals surface area contributed by atoms with Gasteiger partial charge in [-0.05, 0) is 29.7 Å². The van der Waals surface area contributed by atoms with E-state index in [1.165, 1.54) is 11.1 Å². The molecule has 0 spiro atoms. The molecular formula is C15H17NO. The van der Waals surface area contributed by atoms with Gasteiger partial charge in [0.25, 0.3) is 0 Å². The SMILES string of the molecule is CCc1ccccc1CNc1cccc(O)c1. The molecule has 0 fully saturated rings. The first-order valence-corrected chi connectivity index (χ1v) is 5.89. The van der Waals surface area contributed by atoms with Gasteiger partial charge in [-0.15, -0.1) is 0 Å². The summed E-state index contributed by atoms with van der Waals surface area (Å²) in [6, 6.07) is 15.6. The summed E-state index contributed by atoms with van der Waals surface area (Å²) in [4.78, 5) is 0. The van der Waals surface area contributed by atoms with Crippen molar-refractivity contribution in [2.24, 2.45) is 0 Å². The molecule has 0 radical (unpaired) electrons. The van der Waals surface area contributed by atoms with Crippen LogP contribution in [0.2, 0.25) is 0 Å². The molecule has 0 amide bonds. The summed E-state index contributed by atoms with van der Waals surface area (Å²) < 4.78 is 0. The van der Waals surface area contributed by atoms with E-state index in [9.17, 15) is 5.11 Å². The van der Waals surface area contributed by atoms with Gasteiger partial charge in [0.2, 0.25) is 0 Å². The second kappa shape index (κ2) is 5.39. The van der Waals surface area contributed by atoms with Crippen LogP contribution >= 0.6 is 0 Å². The zero-order valence-corrected chi connectivity index (χ0v) is 9.98. The van der Waals surface area contributed by atoms with Crippen LogP contribution in [0.25, 0.3) is 0 Å². The van der Waals surface area contributed by atoms with Gasteiger partial charge in [-0.25, -0.2) is 0 Å². The van der Waals surface area contributed by atoms with Crippen LogP contribution in [0.5, 0.6) is 5.75 Å². The maximum absolute atomic E-state index is 9.37. The lowest BCUT2D eigenvalue weighted by Crippen LogP contribution is -2.02. The van der Waals surface area contributed by atoms with E-state index in [4.69, 9.17) is 0 Å². The molecule has 2 aromatic rings. The van der Waals surface area contributed by atoms with Crippen molar-refractivity contribution in [1.82, 2.24) is 0 Å². The molecule has 0 aliphatic rings. The Hall–Kier alpha value is -1.96. The molecule has 2 aromatic carbocycles. The van der Waals surface area contributed by atoms with Gasteiger partial charge in [-0.2, -0.15) is 0 Å². The van der Waals surface area contributed by atoms with Crippen molar-refractivity contribution < 1.29 is 5.11 Å². The first-order valence-electron chi connectivity index (χ1n) is 5.89. The summed E-state index contributed by atoms with van der Waals surface area (Å²) in [6.07, 6.45) is 1.04. The van der Waals surface area contributed by atoms with Gasteiger partial charge in [0.05, 0.1) is 0 Å². The van der Waals surface area contributed by atoms with Gasteiger partial charge in [0, 0.05) is 18.3 Å².